The van der Waals surface area contributed by atoms with Gasteiger partial charge in [0.1, 0.15) is 5.82 Å². The molecule has 6 nitrogen and oxygen atoms in total. The molecule has 1 aromatic heterocycles. The first kappa shape index (κ1) is 21.8. The lowest BCUT2D eigenvalue weighted by atomic mass is 9.99. The summed E-state index contributed by atoms with van der Waals surface area (Å²) in [4.78, 5) is 19.7. The number of hydrogen-bond acceptors (Lipinski definition) is 5. The molecule has 2 heterocycles. The normalized spacial score (nSPS) is 21.8. The summed E-state index contributed by atoms with van der Waals surface area (Å²) in [5, 5.41) is 3.13. The molecule has 1 aromatic carbocycles. The van der Waals surface area contributed by atoms with Crippen LogP contribution >= 0.6 is 11.6 Å². The highest BCUT2D eigenvalue weighted by Crippen LogP contribution is 2.43. The molecule has 1 amide bonds. The van der Waals surface area contributed by atoms with Crippen molar-refractivity contribution in [1.29, 1.82) is 0 Å². The van der Waals surface area contributed by atoms with E-state index in [0.29, 0.717) is 47.3 Å². The maximum atomic E-state index is 14.4. The molecule has 1 saturated heterocycles. The van der Waals surface area contributed by atoms with Gasteiger partial charge in [0, 0.05) is 30.9 Å². The zero-order valence-corrected chi connectivity index (χ0v) is 18.8. The Hall–Kier alpha value is -2.38. The molecular weight excluding hydrogens is 419 g/mol. The number of amides is 1. The molecule has 2 aliphatic rings. The van der Waals surface area contributed by atoms with Crippen molar-refractivity contribution in [3.05, 3.63) is 40.8 Å². The van der Waals surface area contributed by atoms with Crippen LogP contribution in [-0.4, -0.2) is 42.7 Å². The third kappa shape index (κ3) is 4.48. The van der Waals surface area contributed by atoms with Crippen LogP contribution in [0.5, 0.6) is 5.88 Å². The minimum absolute atomic E-state index is 0.0279. The number of aromatic nitrogens is 1. The molecule has 3 N–H and O–H groups in total. The standard InChI is InChI=1S/C23H28ClFN4O2/c1-13(14-4-5-14)28-21(30)16-11-27-22(31-3)19(15-6-7-17(24)18(25)10-15)20(16)29-9-8-23(2,26)12-29/h6-7,10-11,13-14H,4-5,8-9,12,26H2,1-3H3,(H,28,30)/t13-,23-/m0/s1. The minimum atomic E-state index is -0.547. The summed E-state index contributed by atoms with van der Waals surface area (Å²) >= 11 is 5.91. The molecule has 0 spiro atoms. The van der Waals surface area contributed by atoms with Crippen molar-refractivity contribution in [2.75, 3.05) is 25.1 Å². The van der Waals surface area contributed by atoms with Gasteiger partial charge in [-0.25, -0.2) is 9.37 Å². The largest absolute Gasteiger partial charge is 0.480 e. The number of nitrogens with two attached hydrogens (primary N) is 1. The van der Waals surface area contributed by atoms with Crippen molar-refractivity contribution < 1.29 is 13.9 Å². The third-order valence-electron chi connectivity index (χ3n) is 6.17. The molecule has 2 atom stereocenters. The summed E-state index contributed by atoms with van der Waals surface area (Å²) in [7, 11) is 1.51. The maximum absolute atomic E-state index is 14.4. The molecule has 4 rings (SSSR count). The van der Waals surface area contributed by atoms with Gasteiger partial charge in [0.2, 0.25) is 5.88 Å². The molecule has 8 heteroatoms. The van der Waals surface area contributed by atoms with Gasteiger partial charge in [-0.2, -0.15) is 0 Å². The number of ether oxygens (including phenoxy) is 1. The zero-order valence-electron chi connectivity index (χ0n) is 18.0. The Morgan fingerprint density at radius 3 is 2.77 bits per heavy atom. The van der Waals surface area contributed by atoms with E-state index in [0.717, 1.165) is 19.3 Å². The molecule has 1 aliphatic heterocycles. The highest BCUT2D eigenvalue weighted by Gasteiger charge is 2.36. The van der Waals surface area contributed by atoms with Gasteiger partial charge in [-0.3, -0.25) is 4.79 Å². The second-order valence-electron chi connectivity index (χ2n) is 8.96. The maximum Gasteiger partial charge on any atom is 0.255 e. The number of anilines is 1. The lowest BCUT2D eigenvalue weighted by Gasteiger charge is -2.27. The fourth-order valence-corrected chi connectivity index (χ4v) is 4.34. The molecule has 1 aliphatic carbocycles. The summed E-state index contributed by atoms with van der Waals surface area (Å²) in [6.45, 7) is 5.24. The van der Waals surface area contributed by atoms with Crippen molar-refractivity contribution >= 4 is 23.2 Å². The summed E-state index contributed by atoms with van der Waals surface area (Å²) in [6, 6.07) is 4.63. The first-order chi connectivity index (χ1) is 14.7. The predicted molar refractivity (Wildman–Crippen MR) is 120 cm³/mol. The molecule has 2 fully saturated rings. The van der Waals surface area contributed by atoms with Gasteiger partial charge in [0.05, 0.1) is 28.9 Å². The summed E-state index contributed by atoms with van der Waals surface area (Å²) in [5.74, 6) is 0.0806. The highest BCUT2D eigenvalue weighted by molar-refractivity contribution is 6.30. The Morgan fingerprint density at radius 2 is 2.19 bits per heavy atom. The van der Waals surface area contributed by atoms with Gasteiger partial charge in [-0.05, 0) is 56.7 Å². The second-order valence-corrected chi connectivity index (χ2v) is 9.37. The van der Waals surface area contributed by atoms with Crippen LogP contribution in [0.1, 0.15) is 43.5 Å². The number of halogens is 2. The molecule has 0 radical (unpaired) electrons. The van der Waals surface area contributed by atoms with Gasteiger partial charge < -0.3 is 20.7 Å². The van der Waals surface area contributed by atoms with E-state index in [-0.39, 0.29) is 17.0 Å². The van der Waals surface area contributed by atoms with Gasteiger partial charge in [-0.15, -0.1) is 0 Å². The Kier molecular flexibility index (Phi) is 5.83. The predicted octanol–water partition coefficient (Wildman–Crippen LogP) is 4.01. The molecule has 31 heavy (non-hydrogen) atoms. The van der Waals surface area contributed by atoms with Crippen LogP contribution in [0, 0.1) is 11.7 Å². The quantitative estimate of drug-likeness (QED) is 0.700. The van der Waals surface area contributed by atoms with Crippen LogP contribution in [0.2, 0.25) is 5.02 Å². The number of methoxy groups -OCH3 is 1. The number of pyridine rings is 1. The number of benzene rings is 1. The van der Waals surface area contributed by atoms with Crippen LogP contribution in [0.25, 0.3) is 11.1 Å². The molecule has 1 saturated carbocycles. The van der Waals surface area contributed by atoms with E-state index in [1.165, 1.54) is 25.4 Å². The van der Waals surface area contributed by atoms with E-state index in [2.05, 4.69) is 15.2 Å². The SMILES string of the molecule is COc1ncc(C(=O)N[C@@H](C)C2CC2)c(N2CC[C@](C)(N)C2)c1-c1ccc(Cl)c(F)c1. The van der Waals surface area contributed by atoms with Crippen molar-refractivity contribution in [2.24, 2.45) is 11.7 Å². The highest BCUT2D eigenvalue weighted by atomic mass is 35.5. The summed E-state index contributed by atoms with van der Waals surface area (Å²) < 4.78 is 19.9. The van der Waals surface area contributed by atoms with E-state index in [1.807, 2.05) is 13.8 Å². The topological polar surface area (TPSA) is 80.5 Å². The molecule has 0 unspecified atom stereocenters. The van der Waals surface area contributed by atoms with Crippen molar-refractivity contribution in [1.82, 2.24) is 10.3 Å². The molecule has 2 aromatic rings. The van der Waals surface area contributed by atoms with Crippen molar-refractivity contribution in [2.45, 2.75) is 44.7 Å². The number of carbonyl (C=O) groups excluding carboxylic acids is 1. The zero-order chi connectivity index (χ0) is 22.3. The average molecular weight is 447 g/mol. The van der Waals surface area contributed by atoms with E-state index < -0.39 is 11.4 Å². The number of rotatable bonds is 6. The molecule has 166 valence electrons. The molecule has 0 bridgehead atoms. The number of nitrogens with zero attached hydrogens (tertiary/aromatic N) is 2. The number of nitrogens with one attached hydrogen (secondary N) is 1. The monoisotopic (exact) mass is 446 g/mol. The van der Waals surface area contributed by atoms with Crippen LogP contribution in [0.4, 0.5) is 10.1 Å². The Bertz CT molecular complexity index is 1010. The smallest absolute Gasteiger partial charge is 0.255 e. The van der Waals surface area contributed by atoms with Crippen molar-refractivity contribution in [3.63, 3.8) is 0 Å². The minimum Gasteiger partial charge on any atom is -0.480 e. The van der Waals surface area contributed by atoms with Crippen LogP contribution in [0.15, 0.2) is 24.4 Å². The van der Waals surface area contributed by atoms with Gasteiger partial charge in [-0.1, -0.05) is 17.7 Å². The van der Waals surface area contributed by atoms with E-state index >= 15 is 0 Å². The third-order valence-corrected chi connectivity index (χ3v) is 6.48. The van der Waals surface area contributed by atoms with Gasteiger partial charge in [0.25, 0.3) is 5.91 Å². The van der Waals surface area contributed by atoms with E-state index in [1.54, 1.807) is 6.07 Å². The number of hydrogen-bond donors (Lipinski definition) is 2. The Labute approximate surface area is 186 Å². The van der Waals surface area contributed by atoms with E-state index in [9.17, 15) is 9.18 Å². The van der Waals surface area contributed by atoms with E-state index in [4.69, 9.17) is 22.1 Å². The Morgan fingerprint density at radius 1 is 1.45 bits per heavy atom. The second kappa shape index (κ2) is 8.28. The van der Waals surface area contributed by atoms with Gasteiger partial charge in [0.15, 0.2) is 0 Å². The summed E-state index contributed by atoms with van der Waals surface area (Å²) in [6.07, 6.45) is 4.56. The van der Waals surface area contributed by atoms with Crippen LogP contribution in [-0.2, 0) is 0 Å². The van der Waals surface area contributed by atoms with Crippen molar-refractivity contribution in [3.8, 4) is 17.0 Å². The lowest BCUT2D eigenvalue weighted by molar-refractivity contribution is 0.0936. The van der Waals surface area contributed by atoms with Crippen LogP contribution < -0.4 is 20.7 Å². The number of carbonyl (C=O) groups is 1. The van der Waals surface area contributed by atoms with Crippen LogP contribution in [0.3, 0.4) is 0 Å². The Balaban J connectivity index is 1.86. The average Bonchev–Trinajstić information content (AvgIpc) is 3.52. The van der Waals surface area contributed by atoms with Gasteiger partial charge >= 0.3 is 0 Å². The first-order valence-corrected chi connectivity index (χ1v) is 10.9. The fraction of sp³-hybridized carbons (Fsp3) is 0.478. The first-order valence-electron chi connectivity index (χ1n) is 10.6. The summed E-state index contributed by atoms with van der Waals surface area (Å²) in [5.41, 5.74) is 8.18. The molecular formula is C23H28ClFN4O2. The fourth-order valence-electron chi connectivity index (χ4n) is 4.22. The lowest BCUT2D eigenvalue weighted by Crippen LogP contribution is -2.40.